The molecule has 5 heteroatoms. The minimum absolute atomic E-state index is 0.234. The van der Waals surface area contributed by atoms with Crippen molar-refractivity contribution in [3.05, 3.63) is 113 Å². The molecule has 0 heterocycles. The van der Waals surface area contributed by atoms with E-state index in [-0.39, 0.29) is 5.91 Å². The zero-order valence-electron chi connectivity index (χ0n) is 18.8. The fraction of sp³-hybridized carbons (Fsp3) is 0.107. The Labute approximate surface area is 205 Å². The third-order valence-corrected chi connectivity index (χ3v) is 5.48. The summed E-state index contributed by atoms with van der Waals surface area (Å²) in [5.41, 5.74) is 3.45. The van der Waals surface area contributed by atoms with Crippen LogP contribution in [0, 0.1) is 0 Å². The monoisotopic (exact) mass is 477 g/mol. The maximum absolute atomic E-state index is 13.5. The van der Waals surface area contributed by atoms with E-state index in [1.807, 2.05) is 74.5 Å². The van der Waals surface area contributed by atoms with Gasteiger partial charge in [-0.25, -0.2) is 0 Å². The number of hydrogen-bond donors (Lipinski definition) is 0. The molecule has 0 aliphatic heterocycles. The van der Waals surface area contributed by atoms with Gasteiger partial charge >= 0.3 is 0 Å². The molecule has 4 rings (SSSR count). The Balaban J connectivity index is 0.00000149. The molecule has 168 valence electrons. The number of rotatable bonds is 5. The highest BCUT2D eigenvalue weighted by Crippen LogP contribution is 2.42. The van der Waals surface area contributed by atoms with Gasteiger partial charge in [0.05, 0.1) is 22.8 Å². The number of anilines is 2. The van der Waals surface area contributed by atoms with Crippen LogP contribution in [0.15, 0.2) is 97.1 Å². The van der Waals surface area contributed by atoms with Gasteiger partial charge in [-0.15, -0.1) is 0 Å². The van der Waals surface area contributed by atoms with E-state index in [4.69, 9.17) is 27.9 Å². The average molecular weight is 478 g/mol. The molecule has 0 spiro atoms. The molecule has 0 saturated carbocycles. The summed E-state index contributed by atoms with van der Waals surface area (Å²) in [6, 6.07) is 29.7. The predicted molar refractivity (Wildman–Crippen MR) is 139 cm³/mol. The van der Waals surface area contributed by atoms with Gasteiger partial charge in [0.1, 0.15) is 5.75 Å². The van der Waals surface area contributed by atoms with Gasteiger partial charge in [-0.1, -0.05) is 85.6 Å². The molecule has 0 fully saturated rings. The van der Waals surface area contributed by atoms with E-state index in [2.05, 4.69) is 0 Å². The van der Waals surface area contributed by atoms with Gasteiger partial charge in [0.2, 0.25) is 0 Å². The molecule has 0 aliphatic carbocycles. The van der Waals surface area contributed by atoms with Gasteiger partial charge in [-0.05, 0) is 59.7 Å². The van der Waals surface area contributed by atoms with Crippen molar-refractivity contribution < 1.29 is 9.53 Å². The molecule has 0 N–H and O–H groups in total. The van der Waals surface area contributed by atoms with Crippen molar-refractivity contribution in [3.8, 4) is 16.9 Å². The van der Waals surface area contributed by atoms with Crippen molar-refractivity contribution in [2.24, 2.45) is 0 Å². The van der Waals surface area contributed by atoms with Gasteiger partial charge in [-0.2, -0.15) is 0 Å². The van der Waals surface area contributed by atoms with Crippen LogP contribution in [0.1, 0.15) is 24.2 Å². The molecule has 0 aliphatic rings. The highest BCUT2D eigenvalue weighted by molar-refractivity contribution is 6.41. The normalized spacial score (nSPS) is 10.1. The number of methoxy groups -OCH3 is 1. The highest BCUT2D eigenvalue weighted by Gasteiger charge is 2.25. The van der Waals surface area contributed by atoms with Gasteiger partial charge in [0.25, 0.3) is 5.91 Å². The third-order valence-electron chi connectivity index (χ3n) is 4.90. The largest absolute Gasteiger partial charge is 0.497 e. The Kier molecular flexibility index (Phi) is 8.53. The van der Waals surface area contributed by atoms with Gasteiger partial charge in [0.15, 0.2) is 0 Å². The third kappa shape index (κ3) is 5.57. The number of hydrogen-bond acceptors (Lipinski definition) is 2. The first kappa shape index (κ1) is 24.4. The fourth-order valence-corrected chi connectivity index (χ4v) is 4.02. The minimum Gasteiger partial charge on any atom is -0.497 e. The summed E-state index contributed by atoms with van der Waals surface area (Å²) in [4.78, 5) is 15.1. The van der Waals surface area contributed by atoms with E-state index in [0.29, 0.717) is 32.7 Å². The van der Waals surface area contributed by atoms with Crippen LogP contribution in [-0.2, 0) is 0 Å². The van der Waals surface area contributed by atoms with Gasteiger partial charge in [-0.3, -0.25) is 9.69 Å². The molecule has 1 amide bonds. The van der Waals surface area contributed by atoms with Crippen LogP contribution in [0.2, 0.25) is 10.0 Å². The number of carbonyl (C=O) groups is 1. The summed E-state index contributed by atoms with van der Waals surface area (Å²) >= 11 is 13.4. The van der Waals surface area contributed by atoms with Crippen LogP contribution in [0.5, 0.6) is 5.75 Å². The Morgan fingerprint density at radius 1 is 0.727 bits per heavy atom. The highest BCUT2D eigenvalue weighted by atomic mass is 35.5. The van der Waals surface area contributed by atoms with Crippen LogP contribution >= 0.6 is 23.2 Å². The van der Waals surface area contributed by atoms with Crippen molar-refractivity contribution in [3.63, 3.8) is 0 Å². The lowest BCUT2D eigenvalue weighted by Crippen LogP contribution is -2.26. The van der Waals surface area contributed by atoms with Crippen LogP contribution in [-0.4, -0.2) is 13.0 Å². The maximum Gasteiger partial charge on any atom is 0.262 e. The predicted octanol–water partition coefficient (Wildman–Crippen LogP) is 8.67. The summed E-state index contributed by atoms with van der Waals surface area (Å²) in [5, 5.41) is 0.762. The number of carbonyl (C=O) groups excluding carboxylic acids is 1. The lowest BCUT2D eigenvalue weighted by molar-refractivity contribution is 0.0999. The first-order valence-corrected chi connectivity index (χ1v) is 11.4. The van der Waals surface area contributed by atoms with Crippen LogP contribution in [0.4, 0.5) is 11.4 Å². The fourth-order valence-electron chi connectivity index (χ4n) is 3.37. The Morgan fingerprint density at radius 3 is 1.76 bits per heavy atom. The molecule has 0 atom stereocenters. The number of halogens is 2. The van der Waals surface area contributed by atoms with Crippen molar-refractivity contribution >= 4 is 40.5 Å². The van der Waals surface area contributed by atoms with Crippen molar-refractivity contribution in [1.29, 1.82) is 0 Å². The smallest absolute Gasteiger partial charge is 0.262 e. The Morgan fingerprint density at radius 2 is 1.24 bits per heavy atom. The Bertz CT molecular complexity index is 1170. The molecule has 3 nitrogen and oxygen atoms in total. The second-order valence-electron chi connectivity index (χ2n) is 6.86. The zero-order valence-corrected chi connectivity index (χ0v) is 20.3. The summed E-state index contributed by atoms with van der Waals surface area (Å²) in [5.74, 6) is 0.453. The summed E-state index contributed by atoms with van der Waals surface area (Å²) in [6.45, 7) is 4.00. The van der Waals surface area contributed by atoms with E-state index in [1.54, 1.807) is 43.5 Å². The molecule has 4 aromatic carbocycles. The van der Waals surface area contributed by atoms with Crippen molar-refractivity contribution in [1.82, 2.24) is 0 Å². The lowest BCUT2D eigenvalue weighted by Gasteiger charge is -2.26. The lowest BCUT2D eigenvalue weighted by atomic mass is 10.0. The molecule has 4 aromatic rings. The van der Waals surface area contributed by atoms with Crippen LogP contribution < -0.4 is 9.64 Å². The quantitative estimate of drug-likeness (QED) is 0.287. The molecular weight excluding hydrogens is 453 g/mol. The molecular formula is C28H25Cl2NO2. The topological polar surface area (TPSA) is 29.5 Å². The molecule has 33 heavy (non-hydrogen) atoms. The molecule has 0 saturated heterocycles. The van der Waals surface area contributed by atoms with E-state index in [9.17, 15) is 4.79 Å². The number of benzene rings is 4. The van der Waals surface area contributed by atoms with E-state index in [0.717, 1.165) is 11.1 Å². The van der Waals surface area contributed by atoms with Crippen LogP contribution in [0.3, 0.4) is 0 Å². The molecule has 0 radical (unpaired) electrons. The average Bonchev–Trinajstić information content (AvgIpc) is 2.88. The van der Waals surface area contributed by atoms with E-state index in [1.165, 1.54) is 4.90 Å². The summed E-state index contributed by atoms with van der Waals surface area (Å²) in [6.07, 6.45) is 0. The number of ether oxygens (including phenoxy) is 1. The maximum atomic E-state index is 13.5. The molecule has 0 aromatic heterocycles. The van der Waals surface area contributed by atoms with E-state index < -0.39 is 0 Å². The van der Waals surface area contributed by atoms with Crippen molar-refractivity contribution in [2.75, 3.05) is 12.0 Å². The van der Waals surface area contributed by atoms with Crippen LogP contribution in [0.25, 0.3) is 11.1 Å². The van der Waals surface area contributed by atoms with Gasteiger partial charge < -0.3 is 4.74 Å². The van der Waals surface area contributed by atoms with Crippen molar-refractivity contribution in [2.45, 2.75) is 13.8 Å². The Hall–Kier alpha value is -3.27. The molecule has 0 unspecified atom stereocenters. The first-order chi connectivity index (χ1) is 16.1. The number of amides is 1. The first-order valence-electron chi connectivity index (χ1n) is 10.7. The number of nitrogens with zero attached hydrogens (tertiary/aromatic N) is 1. The van der Waals surface area contributed by atoms with E-state index >= 15 is 0 Å². The SMILES string of the molecule is CC.COc1ccc(N(C(=O)c2ccccc2)c2c(Cl)cc(-c3ccccc3)cc2Cl)cc1. The summed E-state index contributed by atoms with van der Waals surface area (Å²) in [7, 11) is 1.60. The summed E-state index contributed by atoms with van der Waals surface area (Å²) < 4.78 is 5.26. The second kappa shape index (κ2) is 11.6. The molecule has 0 bridgehead atoms. The zero-order chi connectivity index (χ0) is 23.8. The van der Waals surface area contributed by atoms with Gasteiger partial charge in [0, 0.05) is 11.3 Å². The standard InChI is InChI=1S/C26H19Cl2NO2.C2H6/c1-31-22-14-12-21(13-15-22)29(26(30)19-10-6-3-7-11-19)25-23(27)16-20(17-24(25)28)18-8-4-2-5-9-18;1-2/h2-17H,1H3;1-2H3. The minimum atomic E-state index is -0.234. The second-order valence-corrected chi connectivity index (χ2v) is 7.67.